The summed E-state index contributed by atoms with van der Waals surface area (Å²) in [5.74, 6) is -2.18. The summed E-state index contributed by atoms with van der Waals surface area (Å²) in [6.07, 6.45) is -9.63. The van der Waals surface area contributed by atoms with Crippen molar-refractivity contribution in [3.05, 3.63) is 23.5 Å². The average molecular weight is 436 g/mol. The molecule has 1 aromatic carbocycles. The van der Waals surface area contributed by atoms with Gasteiger partial charge in [0.1, 0.15) is 18.0 Å². The predicted octanol–water partition coefficient (Wildman–Crippen LogP) is 4.23. The SMILES string of the molecule is Cc1cc(F)c(N=C2SCC(=O)N2CC(F)(F)F)cc1SC(O)C(F)(F)F. The first-order valence-corrected chi connectivity index (χ1v) is 8.94. The number of aliphatic hydroxyl groups excluding tert-OH is 1. The van der Waals surface area contributed by atoms with E-state index < -0.39 is 46.9 Å². The van der Waals surface area contributed by atoms with Gasteiger partial charge >= 0.3 is 12.4 Å². The molecule has 0 bridgehead atoms. The van der Waals surface area contributed by atoms with Crippen molar-refractivity contribution in [2.24, 2.45) is 4.99 Å². The Labute approximate surface area is 156 Å². The van der Waals surface area contributed by atoms with Crippen molar-refractivity contribution in [2.75, 3.05) is 12.3 Å². The number of aliphatic hydroxyl groups is 1. The molecule has 0 aromatic heterocycles. The number of thioether (sulfide) groups is 2. The van der Waals surface area contributed by atoms with Crippen LogP contribution in [0.1, 0.15) is 5.56 Å². The Morgan fingerprint density at radius 2 is 1.93 bits per heavy atom. The zero-order valence-corrected chi connectivity index (χ0v) is 15.0. The molecule has 13 heteroatoms. The van der Waals surface area contributed by atoms with E-state index in [0.29, 0.717) is 16.7 Å². The molecule has 1 aliphatic rings. The first-order chi connectivity index (χ1) is 12.3. The third-order valence-corrected chi connectivity index (χ3v) is 5.32. The van der Waals surface area contributed by atoms with Gasteiger partial charge in [-0.25, -0.2) is 9.38 Å². The summed E-state index contributed by atoms with van der Waals surface area (Å²) in [6.45, 7) is -0.311. The van der Waals surface area contributed by atoms with Crippen LogP contribution >= 0.6 is 23.5 Å². The molecule has 1 amide bonds. The van der Waals surface area contributed by atoms with E-state index in [1.165, 1.54) is 6.92 Å². The highest BCUT2D eigenvalue weighted by Crippen LogP contribution is 2.38. The Balaban J connectivity index is 2.36. The minimum absolute atomic E-state index is 0.00345. The second-order valence-electron chi connectivity index (χ2n) is 5.36. The molecule has 1 heterocycles. The number of amidine groups is 1. The summed E-state index contributed by atoms with van der Waals surface area (Å²) in [6, 6.07) is 1.73. The van der Waals surface area contributed by atoms with Gasteiger partial charge in [-0.3, -0.25) is 9.69 Å². The Morgan fingerprint density at radius 1 is 1.30 bits per heavy atom. The number of carbonyl (C=O) groups excluding carboxylic acids is 1. The predicted molar refractivity (Wildman–Crippen MR) is 86.4 cm³/mol. The molecule has 1 saturated heterocycles. The molecular formula is C14H11F7N2O2S2. The average Bonchev–Trinajstić information content (AvgIpc) is 2.82. The Hall–Kier alpha value is -1.47. The summed E-state index contributed by atoms with van der Waals surface area (Å²) >= 11 is 0.651. The molecule has 0 spiro atoms. The molecule has 1 N–H and O–H groups in total. The molecule has 1 aliphatic heterocycles. The highest BCUT2D eigenvalue weighted by atomic mass is 32.2. The highest BCUT2D eigenvalue weighted by Gasteiger charge is 2.40. The van der Waals surface area contributed by atoms with E-state index in [1.54, 1.807) is 0 Å². The van der Waals surface area contributed by atoms with Crippen LogP contribution in [0.25, 0.3) is 0 Å². The second kappa shape index (κ2) is 7.87. The molecule has 1 fully saturated rings. The van der Waals surface area contributed by atoms with Crippen molar-refractivity contribution in [1.82, 2.24) is 4.90 Å². The molecule has 0 aliphatic carbocycles. The topological polar surface area (TPSA) is 52.9 Å². The van der Waals surface area contributed by atoms with Crippen molar-refractivity contribution in [3.8, 4) is 0 Å². The van der Waals surface area contributed by atoms with Crippen molar-refractivity contribution in [1.29, 1.82) is 0 Å². The van der Waals surface area contributed by atoms with Crippen molar-refractivity contribution >= 4 is 40.3 Å². The maximum absolute atomic E-state index is 14.1. The Bertz CT molecular complexity index is 765. The lowest BCUT2D eigenvalue weighted by Gasteiger charge is -2.18. The summed E-state index contributed by atoms with van der Waals surface area (Å²) in [7, 11) is 0. The fraction of sp³-hybridized carbons (Fsp3) is 0.429. The van der Waals surface area contributed by atoms with E-state index in [-0.39, 0.29) is 28.0 Å². The van der Waals surface area contributed by atoms with E-state index >= 15 is 0 Å². The lowest BCUT2D eigenvalue weighted by molar-refractivity contribution is -0.173. The van der Waals surface area contributed by atoms with Gasteiger partial charge in [0.2, 0.25) is 11.3 Å². The lowest BCUT2D eigenvalue weighted by atomic mass is 10.2. The number of nitrogens with zero attached hydrogens (tertiary/aromatic N) is 2. The summed E-state index contributed by atoms with van der Waals surface area (Å²) in [5.41, 5.74) is -3.24. The number of rotatable bonds is 4. The molecule has 1 aromatic rings. The minimum atomic E-state index is -4.92. The van der Waals surface area contributed by atoms with Crippen LogP contribution in [0.5, 0.6) is 0 Å². The van der Waals surface area contributed by atoms with Crippen LogP contribution in [-0.2, 0) is 4.79 Å². The van der Waals surface area contributed by atoms with E-state index in [0.717, 1.165) is 12.1 Å². The van der Waals surface area contributed by atoms with Crippen molar-refractivity contribution in [3.63, 3.8) is 0 Å². The van der Waals surface area contributed by atoms with Crippen molar-refractivity contribution < 1.29 is 40.6 Å². The summed E-state index contributed by atoms with van der Waals surface area (Å²) < 4.78 is 89.3. The standard InChI is InChI=1S/C14H11F7N2O2S2/c1-6-2-7(15)8(3-9(6)27-11(25)14(19,20)21)22-12-23(5-13(16,17)18)10(24)4-26-12/h2-3,11,25H,4-5H2,1H3. The van der Waals surface area contributed by atoms with Crippen molar-refractivity contribution in [2.45, 2.75) is 29.6 Å². The van der Waals surface area contributed by atoms with Gasteiger partial charge in [-0.05, 0) is 24.6 Å². The highest BCUT2D eigenvalue weighted by molar-refractivity contribution is 8.15. The summed E-state index contributed by atoms with van der Waals surface area (Å²) in [4.78, 5) is 15.4. The van der Waals surface area contributed by atoms with Gasteiger partial charge in [0, 0.05) is 4.90 Å². The quantitative estimate of drug-likeness (QED) is 0.436. The Kier molecular flexibility index (Phi) is 6.37. The number of alkyl halides is 6. The third-order valence-electron chi connectivity index (χ3n) is 3.17. The molecule has 1 atom stereocenters. The molecule has 2 rings (SSSR count). The van der Waals surface area contributed by atoms with Crippen LogP contribution in [0.15, 0.2) is 22.0 Å². The van der Waals surface area contributed by atoms with E-state index in [2.05, 4.69) is 4.99 Å². The van der Waals surface area contributed by atoms with Crippen LogP contribution in [-0.4, -0.2) is 51.2 Å². The van der Waals surface area contributed by atoms with Crippen LogP contribution in [0.4, 0.5) is 36.4 Å². The second-order valence-corrected chi connectivity index (χ2v) is 7.42. The zero-order valence-electron chi connectivity index (χ0n) is 13.4. The maximum Gasteiger partial charge on any atom is 0.424 e. The maximum atomic E-state index is 14.1. The van der Waals surface area contributed by atoms with Gasteiger partial charge in [0.05, 0.1) is 5.75 Å². The fourth-order valence-corrected chi connectivity index (χ4v) is 3.65. The number of aliphatic imine (C=N–C) groups is 1. The smallest absolute Gasteiger partial charge is 0.374 e. The molecule has 1 unspecified atom stereocenters. The molecule has 150 valence electrons. The zero-order chi connectivity index (χ0) is 20.6. The largest absolute Gasteiger partial charge is 0.424 e. The number of carbonyl (C=O) groups is 1. The fourth-order valence-electron chi connectivity index (χ4n) is 1.96. The minimum Gasteiger partial charge on any atom is -0.374 e. The van der Waals surface area contributed by atoms with E-state index in [9.17, 15) is 35.5 Å². The first kappa shape index (κ1) is 21.8. The van der Waals surface area contributed by atoms with Crippen LogP contribution in [0.2, 0.25) is 0 Å². The molecule has 0 radical (unpaired) electrons. The number of halogens is 7. The molecule has 0 saturated carbocycles. The number of benzene rings is 1. The van der Waals surface area contributed by atoms with Crippen LogP contribution in [0.3, 0.4) is 0 Å². The Morgan fingerprint density at radius 3 is 2.48 bits per heavy atom. The third kappa shape index (κ3) is 5.75. The normalized spacial score (nSPS) is 18.5. The van der Waals surface area contributed by atoms with Gasteiger partial charge in [-0.2, -0.15) is 26.3 Å². The van der Waals surface area contributed by atoms with Gasteiger partial charge < -0.3 is 5.11 Å². The number of aryl methyl sites for hydroxylation is 1. The van der Waals surface area contributed by atoms with Gasteiger partial charge in [-0.15, -0.1) is 0 Å². The molecular weight excluding hydrogens is 425 g/mol. The van der Waals surface area contributed by atoms with E-state index in [4.69, 9.17) is 5.11 Å². The first-order valence-electron chi connectivity index (χ1n) is 7.08. The lowest BCUT2D eigenvalue weighted by Crippen LogP contribution is -2.38. The van der Waals surface area contributed by atoms with Crippen LogP contribution in [0, 0.1) is 12.7 Å². The number of hydrogen-bond acceptors (Lipinski definition) is 5. The number of amides is 1. The van der Waals surface area contributed by atoms with Gasteiger partial charge in [-0.1, -0.05) is 23.5 Å². The number of hydrogen-bond donors (Lipinski definition) is 1. The van der Waals surface area contributed by atoms with Crippen LogP contribution < -0.4 is 0 Å². The monoisotopic (exact) mass is 436 g/mol. The molecule has 27 heavy (non-hydrogen) atoms. The summed E-state index contributed by atoms with van der Waals surface area (Å²) in [5, 5.41) is 8.73. The molecule has 4 nitrogen and oxygen atoms in total. The van der Waals surface area contributed by atoms with Gasteiger partial charge in [0.25, 0.3) is 0 Å². The van der Waals surface area contributed by atoms with Gasteiger partial charge in [0.15, 0.2) is 5.17 Å². The van der Waals surface area contributed by atoms with E-state index in [1.807, 2.05) is 0 Å².